The van der Waals surface area contributed by atoms with Crippen LogP contribution >= 0.6 is 0 Å². The summed E-state index contributed by atoms with van der Waals surface area (Å²) in [5.41, 5.74) is 1.43. The summed E-state index contributed by atoms with van der Waals surface area (Å²) in [7, 11) is -0.511. The van der Waals surface area contributed by atoms with Crippen molar-refractivity contribution >= 4 is 18.7 Å². The minimum Gasteiger partial charge on any atom is -0.400 e. The molecule has 0 spiro atoms. The fraction of sp³-hybridized carbons (Fsp3) is 0.553. The van der Waals surface area contributed by atoms with Gasteiger partial charge in [-0.2, -0.15) is 5.10 Å². The molecule has 46 heavy (non-hydrogen) atoms. The van der Waals surface area contributed by atoms with E-state index in [0.717, 1.165) is 30.5 Å². The van der Waals surface area contributed by atoms with Crippen molar-refractivity contribution in [2.75, 3.05) is 13.1 Å². The van der Waals surface area contributed by atoms with Crippen LogP contribution in [0.4, 0.5) is 0 Å². The second-order valence-corrected chi connectivity index (χ2v) is 19.4. The highest BCUT2D eigenvalue weighted by Gasteiger charge is 2.50. The monoisotopic (exact) mass is 636 g/mol. The summed E-state index contributed by atoms with van der Waals surface area (Å²) in [6, 6.07) is 23.1. The van der Waals surface area contributed by atoms with Crippen molar-refractivity contribution in [1.29, 1.82) is 0 Å². The lowest BCUT2D eigenvalue weighted by Crippen LogP contribution is -2.66. The molecule has 0 bridgehead atoms. The molecule has 3 fully saturated rings. The molecule has 3 heterocycles. The molecule has 2 aliphatic carbocycles. The molecule has 7 rings (SSSR count). The van der Waals surface area contributed by atoms with Crippen LogP contribution in [0.2, 0.25) is 5.04 Å². The van der Waals surface area contributed by atoms with E-state index in [1.807, 2.05) is 0 Å². The zero-order chi connectivity index (χ0) is 31.7. The maximum absolute atomic E-state index is 7.19. The van der Waals surface area contributed by atoms with E-state index in [-0.39, 0.29) is 5.04 Å². The minimum absolute atomic E-state index is 0.0725. The van der Waals surface area contributed by atoms with Crippen molar-refractivity contribution in [3.8, 4) is 0 Å². The van der Waals surface area contributed by atoms with Crippen molar-refractivity contribution in [3.05, 3.63) is 90.3 Å². The molecule has 0 amide bonds. The van der Waals surface area contributed by atoms with E-state index in [0.29, 0.717) is 24.5 Å². The average molecular weight is 637 g/mol. The first kappa shape index (κ1) is 31.5. The highest BCUT2D eigenvalue weighted by Crippen LogP contribution is 2.41. The Balaban J connectivity index is 1.00. The van der Waals surface area contributed by atoms with Crippen LogP contribution in [0, 0.1) is 0 Å². The van der Waals surface area contributed by atoms with Crippen molar-refractivity contribution in [2.24, 2.45) is 7.05 Å². The van der Waals surface area contributed by atoms with Crippen molar-refractivity contribution in [1.82, 2.24) is 29.4 Å². The lowest BCUT2D eigenvalue weighted by atomic mass is 9.79. The number of hydrogen-bond donors (Lipinski definition) is 0. The summed E-state index contributed by atoms with van der Waals surface area (Å²) in [6.45, 7) is 10.0. The number of aromatic nitrogens is 5. The van der Waals surface area contributed by atoms with Crippen molar-refractivity contribution in [3.63, 3.8) is 0 Å². The Labute approximate surface area is 276 Å². The summed E-state index contributed by atoms with van der Waals surface area (Å²) in [6.07, 6.45) is 15.7. The Bertz CT molecular complexity index is 1520. The molecule has 0 N–H and O–H groups in total. The predicted molar refractivity (Wildman–Crippen MR) is 187 cm³/mol. The average Bonchev–Trinajstić information content (AvgIpc) is 3.69. The third-order valence-corrected chi connectivity index (χ3v) is 16.4. The molecule has 7 nitrogen and oxygen atoms in total. The molecule has 0 radical (unpaired) electrons. The van der Waals surface area contributed by atoms with Gasteiger partial charge in [0.25, 0.3) is 8.32 Å². The quantitative estimate of drug-likeness (QED) is 0.191. The van der Waals surface area contributed by atoms with Gasteiger partial charge in [-0.05, 0) is 97.8 Å². The molecule has 3 aliphatic rings. The van der Waals surface area contributed by atoms with E-state index in [4.69, 9.17) is 19.7 Å². The fourth-order valence-corrected chi connectivity index (χ4v) is 13.1. The molecule has 2 aromatic carbocycles. The summed E-state index contributed by atoms with van der Waals surface area (Å²) in [5.74, 6) is 3.04. The first-order valence-corrected chi connectivity index (χ1v) is 19.7. The minimum atomic E-state index is -2.64. The van der Waals surface area contributed by atoms with Crippen LogP contribution in [-0.4, -0.2) is 56.9 Å². The van der Waals surface area contributed by atoms with Gasteiger partial charge in [-0.15, -0.1) is 10.2 Å². The van der Waals surface area contributed by atoms with Gasteiger partial charge in [-0.3, -0.25) is 4.68 Å². The van der Waals surface area contributed by atoms with Gasteiger partial charge in [-0.1, -0.05) is 81.4 Å². The molecular weight excluding hydrogens is 585 g/mol. The first-order chi connectivity index (χ1) is 22.3. The van der Waals surface area contributed by atoms with Gasteiger partial charge >= 0.3 is 0 Å². The Morgan fingerprint density at radius 3 is 1.91 bits per heavy atom. The zero-order valence-corrected chi connectivity index (χ0v) is 29.3. The van der Waals surface area contributed by atoms with E-state index in [9.17, 15) is 0 Å². The largest absolute Gasteiger partial charge is 0.400 e. The molecule has 8 heteroatoms. The van der Waals surface area contributed by atoms with E-state index in [2.05, 4.69) is 115 Å². The van der Waals surface area contributed by atoms with E-state index in [1.54, 1.807) is 0 Å². The normalized spacial score (nSPS) is 24.5. The van der Waals surface area contributed by atoms with Gasteiger partial charge in [0.1, 0.15) is 5.82 Å². The number of hydrogen-bond acceptors (Lipinski definition) is 5. The van der Waals surface area contributed by atoms with Gasteiger partial charge in [0.2, 0.25) is 0 Å². The smallest absolute Gasteiger partial charge is 0.261 e. The maximum Gasteiger partial charge on any atom is 0.261 e. The topological polar surface area (TPSA) is 61.0 Å². The second-order valence-electron chi connectivity index (χ2n) is 15.1. The van der Waals surface area contributed by atoms with Gasteiger partial charge in [0, 0.05) is 25.2 Å². The van der Waals surface area contributed by atoms with Crippen LogP contribution in [-0.2, 0) is 18.1 Å². The van der Waals surface area contributed by atoms with Crippen LogP contribution in [0.1, 0.15) is 114 Å². The van der Waals surface area contributed by atoms with Crippen LogP contribution in [0.3, 0.4) is 0 Å². The Kier molecular flexibility index (Phi) is 9.05. The van der Waals surface area contributed by atoms with Gasteiger partial charge in [0.05, 0.1) is 18.8 Å². The van der Waals surface area contributed by atoms with Crippen LogP contribution in [0.25, 0.3) is 0 Å². The number of nitrogens with zero attached hydrogens (tertiary/aromatic N) is 6. The number of likely N-dealkylation sites (tertiary alicyclic amines) is 1. The summed E-state index contributed by atoms with van der Waals surface area (Å²) >= 11 is 0. The molecule has 0 unspecified atom stereocenters. The Morgan fingerprint density at radius 1 is 0.761 bits per heavy atom. The van der Waals surface area contributed by atoms with Crippen LogP contribution < -0.4 is 10.4 Å². The van der Waals surface area contributed by atoms with Crippen LogP contribution in [0.15, 0.2) is 73.1 Å². The van der Waals surface area contributed by atoms with Crippen LogP contribution in [0.5, 0.6) is 0 Å². The van der Waals surface area contributed by atoms with Gasteiger partial charge in [0.15, 0.2) is 5.82 Å². The summed E-state index contributed by atoms with van der Waals surface area (Å²) in [4.78, 5) is 2.69. The zero-order valence-electron chi connectivity index (χ0n) is 28.3. The third-order valence-electron chi connectivity index (χ3n) is 11.5. The number of benzene rings is 2. The third kappa shape index (κ3) is 6.04. The van der Waals surface area contributed by atoms with E-state index >= 15 is 0 Å². The maximum atomic E-state index is 7.19. The summed E-state index contributed by atoms with van der Waals surface area (Å²) in [5, 5.41) is 16.9. The molecule has 2 saturated carbocycles. The molecule has 2 aromatic heterocycles. The first-order valence-electron chi connectivity index (χ1n) is 17.7. The highest BCUT2D eigenvalue weighted by molar-refractivity contribution is 6.99. The SMILES string of the molecule is Cn1c(CO[Si](c2ccccc2)(c2ccccc2)C(C)(C)C)nnc1[C@H]1CC[C@H](c2cnn(C3CCC(N4CCC4)CC3)c2)CC1. The van der Waals surface area contributed by atoms with Gasteiger partial charge in [-0.25, -0.2) is 0 Å². The Morgan fingerprint density at radius 2 is 1.35 bits per heavy atom. The predicted octanol–water partition coefficient (Wildman–Crippen LogP) is 6.72. The molecule has 1 aliphatic heterocycles. The molecule has 1 saturated heterocycles. The van der Waals surface area contributed by atoms with E-state index < -0.39 is 8.32 Å². The fourth-order valence-electron chi connectivity index (χ4n) is 8.63. The lowest BCUT2D eigenvalue weighted by Gasteiger charge is -2.42. The van der Waals surface area contributed by atoms with E-state index in [1.165, 1.54) is 74.0 Å². The molecular formula is C38H52N6OSi. The number of rotatable bonds is 9. The highest BCUT2D eigenvalue weighted by atomic mass is 28.4. The Hall–Kier alpha value is -3.07. The lowest BCUT2D eigenvalue weighted by molar-refractivity contribution is 0.0787. The van der Waals surface area contributed by atoms with Gasteiger partial charge < -0.3 is 13.9 Å². The van der Waals surface area contributed by atoms with Crippen molar-refractivity contribution in [2.45, 2.75) is 114 Å². The molecule has 0 atom stereocenters. The van der Waals surface area contributed by atoms with Crippen molar-refractivity contribution < 1.29 is 4.43 Å². The second kappa shape index (κ2) is 13.2. The standard InChI is InChI=1S/C38H52N6OSi/c1-38(2,3)46(34-12-7-5-8-13-34,35-14-9-6-10-15-35)45-28-36-40-41-37(42(36)4)30-18-16-29(17-19-30)31-26-39-44(27-31)33-22-20-32(21-23-33)43-24-11-25-43/h5-10,12-15,26-27,29-30,32-33H,11,16-25,28H2,1-4H3/t29-,30-,32?,33?. The molecule has 244 valence electrons. The summed E-state index contributed by atoms with van der Waals surface area (Å²) < 4.78 is 11.7. The molecule has 4 aromatic rings.